The average molecular weight is 394 g/mol. The summed E-state index contributed by atoms with van der Waals surface area (Å²) in [5.41, 5.74) is 4.96. The highest BCUT2D eigenvalue weighted by Gasteiger charge is 2.13. The molecule has 0 saturated heterocycles. The topological polar surface area (TPSA) is 50.9 Å². The summed E-state index contributed by atoms with van der Waals surface area (Å²) in [6, 6.07) is 6.02. The third-order valence-corrected chi connectivity index (χ3v) is 5.15. The van der Waals surface area contributed by atoms with Gasteiger partial charge < -0.3 is 0 Å². The van der Waals surface area contributed by atoms with Crippen LogP contribution in [0.3, 0.4) is 0 Å². The van der Waals surface area contributed by atoms with Gasteiger partial charge in [0, 0.05) is 21.1 Å². The molecule has 96 valence electrons. The Morgan fingerprint density at radius 1 is 1.56 bits per heavy atom. The summed E-state index contributed by atoms with van der Waals surface area (Å²) in [6.07, 6.45) is 0.770. The predicted molar refractivity (Wildman–Crippen MR) is 84.8 cm³/mol. The molecular weight excluding hydrogens is 381 g/mol. The first-order valence-electron chi connectivity index (χ1n) is 5.42. The van der Waals surface area contributed by atoms with E-state index in [-0.39, 0.29) is 6.04 Å². The molecule has 1 atom stereocenters. The minimum Gasteiger partial charge on any atom is -0.271 e. The third-order valence-electron chi connectivity index (χ3n) is 2.59. The first-order chi connectivity index (χ1) is 8.60. The van der Waals surface area contributed by atoms with Gasteiger partial charge >= 0.3 is 0 Å². The van der Waals surface area contributed by atoms with Gasteiger partial charge in [0.15, 0.2) is 0 Å². The zero-order chi connectivity index (χ0) is 13.1. The predicted octanol–water partition coefficient (Wildman–Crippen LogP) is 3.46. The maximum absolute atomic E-state index is 6.13. The maximum atomic E-state index is 6.13. The molecule has 3 nitrogen and oxygen atoms in total. The van der Waals surface area contributed by atoms with Crippen molar-refractivity contribution in [2.45, 2.75) is 19.4 Å². The summed E-state index contributed by atoms with van der Waals surface area (Å²) < 4.78 is 1.04. The molecule has 1 aromatic heterocycles. The second-order valence-electron chi connectivity index (χ2n) is 3.98. The van der Waals surface area contributed by atoms with E-state index in [9.17, 15) is 0 Å². The molecule has 18 heavy (non-hydrogen) atoms. The molecule has 0 bridgehead atoms. The lowest BCUT2D eigenvalue weighted by Gasteiger charge is -2.15. The van der Waals surface area contributed by atoms with Crippen LogP contribution in [0.4, 0.5) is 0 Å². The van der Waals surface area contributed by atoms with Gasteiger partial charge in [0.25, 0.3) is 0 Å². The van der Waals surface area contributed by atoms with Gasteiger partial charge in [0.1, 0.15) is 0 Å². The van der Waals surface area contributed by atoms with Crippen molar-refractivity contribution >= 4 is 45.5 Å². The van der Waals surface area contributed by atoms with Crippen LogP contribution in [-0.2, 0) is 6.42 Å². The number of rotatable bonds is 4. The van der Waals surface area contributed by atoms with E-state index in [4.69, 9.17) is 17.4 Å². The van der Waals surface area contributed by atoms with Gasteiger partial charge in [0.05, 0.1) is 16.1 Å². The Labute approximate surface area is 129 Å². The number of thiazole rings is 1. The third kappa shape index (κ3) is 3.42. The fraction of sp³-hybridized carbons (Fsp3) is 0.250. The Balaban J connectivity index is 2.19. The molecular formula is C12H13ClIN3S. The average Bonchev–Trinajstić information content (AvgIpc) is 2.75. The molecule has 0 saturated carbocycles. The fourth-order valence-electron chi connectivity index (χ4n) is 1.67. The molecule has 0 aliphatic rings. The lowest BCUT2D eigenvalue weighted by atomic mass is 10.1. The number of aryl methyl sites for hydroxylation is 1. The van der Waals surface area contributed by atoms with E-state index >= 15 is 0 Å². The van der Waals surface area contributed by atoms with Crippen LogP contribution < -0.4 is 11.3 Å². The number of hydrogen-bond acceptors (Lipinski definition) is 4. The first kappa shape index (κ1) is 14.2. The lowest BCUT2D eigenvalue weighted by molar-refractivity contribution is 0.550. The highest BCUT2D eigenvalue weighted by atomic mass is 127. The minimum atomic E-state index is 0.0325. The Kier molecular flexibility index (Phi) is 4.97. The van der Waals surface area contributed by atoms with E-state index < -0.39 is 0 Å². The van der Waals surface area contributed by atoms with E-state index in [0.29, 0.717) is 0 Å². The molecule has 2 rings (SSSR count). The fourth-order valence-corrected chi connectivity index (χ4v) is 3.02. The summed E-state index contributed by atoms with van der Waals surface area (Å²) in [5.74, 6) is 5.63. The number of hydrazine groups is 1. The van der Waals surface area contributed by atoms with Crippen LogP contribution in [-0.4, -0.2) is 4.98 Å². The zero-order valence-corrected chi connectivity index (χ0v) is 13.5. The molecule has 1 heterocycles. The van der Waals surface area contributed by atoms with Crippen LogP contribution in [0, 0.1) is 10.5 Å². The Morgan fingerprint density at radius 2 is 2.33 bits per heavy atom. The SMILES string of the molecule is Cc1csc(CC(NN)c2ccc(I)c(Cl)c2)n1. The molecule has 0 fully saturated rings. The van der Waals surface area contributed by atoms with Crippen molar-refractivity contribution in [3.63, 3.8) is 0 Å². The van der Waals surface area contributed by atoms with Gasteiger partial charge in [-0.1, -0.05) is 17.7 Å². The van der Waals surface area contributed by atoms with Crippen molar-refractivity contribution in [1.29, 1.82) is 0 Å². The van der Waals surface area contributed by atoms with Crippen molar-refractivity contribution < 1.29 is 0 Å². The largest absolute Gasteiger partial charge is 0.271 e. The highest BCUT2D eigenvalue weighted by Crippen LogP contribution is 2.25. The number of hydrogen-bond donors (Lipinski definition) is 2. The summed E-state index contributed by atoms with van der Waals surface area (Å²) in [7, 11) is 0. The lowest BCUT2D eigenvalue weighted by Crippen LogP contribution is -2.29. The van der Waals surface area contributed by atoms with Crippen LogP contribution in [0.15, 0.2) is 23.6 Å². The number of benzene rings is 1. The molecule has 3 N–H and O–H groups in total. The van der Waals surface area contributed by atoms with E-state index in [0.717, 1.165) is 31.3 Å². The van der Waals surface area contributed by atoms with Crippen LogP contribution in [0.1, 0.15) is 22.3 Å². The Hall–Kier alpha value is -0.210. The van der Waals surface area contributed by atoms with E-state index in [1.165, 1.54) is 0 Å². The number of nitrogens with one attached hydrogen (secondary N) is 1. The zero-order valence-electron chi connectivity index (χ0n) is 9.78. The normalized spacial score (nSPS) is 12.7. The van der Waals surface area contributed by atoms with Crippen molar-refractivity contribution in [1.82, 2.24) is 10.4 Å². The maximum Gasteiger partial charge on any atom is 0.0947 e. The monoisotopic (exact) mass is 393 g/mol. The van der Waals surface area contributed by atoms with Crippen molar-refractivity contribution in [3.8, 4) is 0 Å². The van der Waals surface area contributed by atoms with Crippen molar-refractivity contribution in [2.24, 2.45) is 5.84 Å². The second kappa shape index (κ2) is 6.29. The molecule has 6 heteroatoms. The van der Waals surface area contributed by atoms with E-state index in [1.807, 2.05) is 30.5 Å². The molecule has 2 aromatic rings. The molecule has 0 spiro atoms. The van der Waals surface area contributed by atoms with Gasteiger partial charge in [-0.05, 0) is 47.2 Å². The van der Waals surface area contributed by atoms with Crippen LogP contribution in [0.5, 0.6) is 0 Å². The van der Waals surface area contributed by atoms with Gasteiger partial charge in [-0.15, -0.1) is 11.3 Å². The molecule has 0 radical (unpaired) electrons. The van der Waals surface area contributed by atoms with Crippen molar-refractivity contribution in [3.05, 3.63) is 48.4 Å². The van der Waals surface area contributed by atoms with Gasteiger partial charge in [-0.3, -0.25) is 11.3 Å². The quantitative estimate of drug-likeness (QED) is 0.475. The Morgan fingerprint density at radius 3 is 2.89 bits per heavy atom. The highest BCUT2D eigenvalue weighted by molar-refractivity contribution is 14.1. The second-order valence-corrected chi connectivity index (χ2v) is 6.49. The van der Waals surface area contributed by atoms with E-state index in [2.05, 4.69) is 33.0 Å². The molecule has 1 unspecified atom stereocenters. The number of nitrogens with two attached hydrogens (primary N) is 1. The molecule has 0 amide bonds. The molecule has 1 aromatic carbocycles. The van der Waals surface area contributed by atoms with E-state index in [1.54, 1.807) is 11.3 Å². The van der Waals surface area contributed by atoms with Gasteiger partial charge in [-0.2, -0.15) is 0 Å². The standard InChI is InChI=1S/C12H13ClIN3S/c1-7-6-18-12(16-7)5-11(17-15)8-2-3-10(14)9(13)4-8/h2-4,6,11,17H,5,15H2,1H3. The summed E-state index contributed by atoms with van der Waals surface area (Å²) in [6.45, 7) is 1.99. The Bertz CT molecular complexity index is 544. The number of nitrogens with zero attached hydrogens (tertiary/aromatic N) is 1. The smallest absolute Gasteiger partial charge is 0.0947 e. The molecule has 0 aliphatic carbocycles. The number of aromatic nitrogens is 1. The summed E-state index contributed by atoms with van der Waals surface area (Å²) in [5, 5.41) is 3.87. The molecule has 0 aliphatic heterocycles. The minimum absolute atomic E-state index is 0.0325. The van der Waals surface area contributed by atoms with Gasteiger partial charge in [0.2, 0.25) is 0 Å². The summed E-state index contributed by atoms with van der Waals surface area (Å²) >= 11 is 10.00. The summed E-state index contributed by atoms with van der Waals surface area (Å²) in [4.78, 5) is 4.45. The van der Waals surface area contributed by atoms with Gasteiger partial charge in [-0.25, -0.2) is 4.98 Å². The first-order valence-corrected chi connectivity index (χ1v) is 7.76. The number of halogens is 2. The van der Waals surface area contributed by atoms with Crippen molar-refractivity contribution in [2.75, 3.05) is 0 Å². The van der Waals surface area contributed by atoms with Crippen LogP contribution in [0.2, 0.25) is 5.02 Å². The van der Waals surface area contributed by atoms with Crippen LogP contribution >= 0.6 is 45.5 Å². The van der Waals surface area contributed by atoms with Crippen LogP contribution in [0.25, 0.3) is 0 Å².